The van der Waals surface area contributed by atoms with Crippen molar-refractivity contribution in [3.63, 3.8) is 0 Å². The maximum Gasteiger partial charge on any atom is 0.343 e. The van der Waals surface area contributed by atoms with Crippen LogP contribution in [0.4, 0.5) is 0 Å². The zero-order valence-corrected chi connectivity index (χ0v) is 32.0. The van der Waals surface area contributed by atoms with Gasteiger partial charge in [0.2, 0.25) is 0 Å². The highest BCUT2D eigenvalue weighted by Gasteiger charge is 2.13. The minimum atomic E-state index is -0.542. The third kappa shape index (κ3) is 13.3. The van der Waals surface area contributed by atoms with Gasteiger partial charge in [-0.05, 0) is 133 Å². The molecule has 0 saturated heterocycles. The molecule has 0 bridgehead atoms. The molecule has 10 nitrogen and oxygen atoms in total. The molecule has 5 aromatic rings. The second-order valence-electron chi connectivity index (χ2n) is 13.3. The van der Waals surface area contributed by atoms with Crippen molar-refractivity contribution < 1.29 is 42.8 Å². The molecule has 0 N–H and O–H groups in total. The Morgan fingerprint density at radius 1 is 0.544 bits per heavy atom. The summed E-state index contributed by atoms with van der Waals surface area (Å²) >= 11 is 0. The molecule has 0 unspecified atom stereocenters. The van der Waals surface area contributed by atoms with Crippen molar-refractivity contribution in [3.8, 4) is 29.1 Å². The number of ether oxygens (including phenoxy) is 6. The molecule has 294 valence electrons. The predicted octanol–water partition coefficient (Wildman–Crippen LogP) is 10.00. The van der Waals surface area contributed by atoms with E-state index in [-0.39, 0.29) is 23.9 Å². The first-order chi connectivity index (χ1) is 27.8. The van der Waals surface area contributed by atoms with Crippen molar-refractivity contribution in [3.05, 3.63) is 133 Å². The van der Waals surface area contributed by atoms with Gasteiger partial charge in [0.25, 0.3) is 0 Å². The van der Waals surface area contributed by atoms with E-state index in [4.69, 9.17) is 28.4 Å². The number of nitrogens with zero attached hydrogens (tertiary/aromatic N) is 1. The Labute approximate surface area is 333 Å². The Hall–Kier alpha value is -6.60. The van der Waals surface area contributed by atoms with Crippen LogP contribution < -0.4 is 18.9 Å². The summed E-state index contributed by atoms with van der Waals surface area (Å²) in [4.78, 5) is 35.3. The molecule has 0 aliphatic rings. The standard InChI is InChI=1S/C47H47NO9/c1-3-45(49)54-25-11-7-5-9-23-52-41-19-17-35-27-34(13-14-37(35)29-41)33-56-44-22-21-43(31-40(44)32-48)57-47(51)39-16-15-38-30-42(20-18-36(38)28-39)53-24-10-6-8-12-26-55-46(50)4-2/h3-4,13-22,27-31H,1-2,5-12,23-26,33H2. The van der Waals surface area contributed by atoms with E-state index in [9.17, 15) is 19.6 Å². The number of hydrogen-bond donors (Lipinski definition) is 0. The summed E-state index contributed by atoms with van der Waals surface area (Å²) in [5.74, 6) is 0.834. The Bertz CT molecular complexity index is 2220. The number of benzene rings is 5. The summed E-state index contributed by atoms with van der Waals surface area (Å²) in [5.41, 5.74) is 1.56. The molecule has 0 spiro atoms. The zero-order valence-electron chi connectivity index (χ0n) is 32.0. The molecule has 10 heteroatoms. The molecule has 0 atom stereocenters. The first-order valence-corrected chi connectivity index (χ1v) is 19.1. The summed E-state index contributed by atoms with van der Waals surface area (Å²) < 4.78 is 33.5. The fourth-order valence-corrected chi connectivity index (χ4v) is 5.97. The molecule has 0 amide bonds. The second-order valence-corrected chi connectivity index (χ2v) is 13.3. The summed E-state index contributed by atoms with van der Waals surface area (Å²) in [6.07, 6.45) is 9.59. The summed E-state index contributed by atoms with van der Waals surface area (Å²) in [5, 5.41) is 13.7. The van der Waals surface area contributed by atoms with Gasteiger partial charge in [0.15, 0.2) is 0 Å². The van der Waals surface area contributed by atoms with Gasteiger partial charge in [-0.1, -0.05) is 43.5 Å². The van der Waals surface area contributed by atoms with Gasteiger partial charge in [0.1, 0.15) is 35.7 Å². The van der Waals surface area contributed by atoms with Crippen molar-refractivity contribution in [2.75, 3.05) is 26.4 Å². The number of rotatable bonds is 23. The minimum absolute atomic E-state index is 0.237. The first-order valence-electron chi connectivity index (χ1n) is 19.1. The number of nitriles is 1. The number of esters is 3. The number of hydrogen-bond acceptors (Lipinski definition) is 10. The van der Waals surface area contributed by atoms with E-state index in [0.29, 0.717) is 37.7 Å². The quantitative estimate of drug-likeness (QED) is 0.0274. The van der Waals surface area contributed by atoms with E-state index >= 15 is 0 Å². The zero-order chi connectivity index (χ0) is 40.2. The van der Waals surface area contributed by atoms with E-state index in [0.717, 1.165) is 96.0 Å². The van der Waals surface area contributed by atoms with E-state index in [1.54, 1.807) is 24.3 Å². The van der Waals surface area contributed by atoms with E-state index in [1.165, 1.54) is 12.1 Å². The number of fused-ring (bicyclic) bond motifs is 2. The average molecular weight is 770 g/mol. The molecule has 5 aromatic carbocycles. The van der Waals surface area contributed by atoms with Crippen LogP contribution in [0.15, 0.2) is 116 Å². The van der Waals surface area contributed by atoms with Gasteiger partial charge in [-0.15, -0.1) is 0 Å². The third-order valence-corrected chi connectivity index (χ3v) is 9.04. The third-order valence-electron chi connectivity index (χ3n) is 9.04. The van der Waals surface area contributed by atoms with Crippen molar-refractivity contribution in [2.24, 2.45) is 0 Å². The number of carbonyl (C=O) groups is 3. The highest BCUT2D eigenvalue weighted by atomic mass is 16.5. The fraction of sp³-hybridized carbons (Fsp3) is 0.277. The molecular weight excluding hydrogens is 723 g/mol. The van der Waals surface area contributed by atoms with Crippen LogP contribution in [0.1, 0.15) is 72.9 Å². The van der Waals surface area contributed by atoms with Crippen LogP contribution in [0, 0.1) is 11.3 Å². The van der Waals surface area contributed by atoms with Crippen molar-refractivity contribution in [1.82, 2.24) is 0 Å². The molecule has 0 aliphatic heterocycles. The highest BCUT2D eigenvalue weighted by molar-refractivity contribution is 5.96. The molecule has 0 saturated carbocycles. The molecule has 5 rings (SSSR count). The van der Waals surface area contributed by atoms with E-state index < -0.39 is 11.9 Å². The first kappa shape index (κ1) is 41.6. The largest absolute Gasteiger partial charge is 0.494 e. The lowest BCUT2D eigenvalue weighted by atomic mass is 10.1. The van der Waals surface area contributed by atoms with E-state index in [1.807, 2.05) is 60.7 Å². The highest BCUT2D eigenvalue weighted by Crippen LogP contribution is 2.28. The fourth-order valence-electron chi connectivity index (χ4n) is 5.97. The van der Waals surface area contributed by atoms with Crippen LogP contribution in [-0.2, 0) is 25.7 Å². The SMILES string of the molecule is C=CC(=O)OCCCCCCOc1ccc2cc(COc3ccc(OC(=O)c4ccc5cc(OCCCCCCOC(=O)C=C)ccc5c4)cc3C#N)ccc2c1. The maximum atomic E-state index is 13.1. The lowest BCUT2D eigenvalue weighted by Gasteiger charge is -2.12. The summed E-state index contributed by atoms with van der Waals surface area (Å²) in [6, 6.07) is 29.9. The van der Waals surface area contributed by atoms with Crippen LogP contribution in [-0.4, -0.2) is 44.3 Å². The van der Waals surface area contributed by atoms with Gasteiger partial charge in [0.05, 0.1) is 37.6 Å². The molecule has 0 aromatic heterocycles. The minimum Gasteiger partial charge on any atom is -0.494 e. The van der Waals surface area contributed by atoms with Crippen molar-refractivity contribution in [1.29, 1.82) is 5.26 Å². The maximum absolute atomic E-state index is 13.1. The van der Waals surface area contributed by atoms with Gasteiger partial charge in [-0.25, -0.2) is 14.4 Å². The van der Waals surface area contributed by atoms with Gasteiger partial charge in [0, 0.05) is 18.2 Å². The van der Waals surface area contributed by atoms with Gasteiger partial charge >= 0.3 is 17.9 Å². The monoisotopic (exact) mass is 769 g/mol. The van der Waals surface area contributed by atoms with Crippen LogP contribution in [0.25, 0.3) is 21.5 Å². The Kier molecular flexibility index (Phi) is 16.1. The summed E-state index contributed by atoms with van der Waals surface area (Å²) in [7, 11) is 0. The second kappa shape index (κ2) is 22.1. The average Bonchev–Trinajstić information content (AvgIpc) is 3.24. The summed E-state index contributed by atoms with van der Waals surface area (Å²) in [6.45, 7) is 8.99. The topological polar surface area (TPSA) is 130 Å². The molecule has 0 fully saturated rings. The smallest absolute Gasteiger partial charge is 0.343 e. The Balaban J connectivity index is 1.06. The molecular formula is C47H47NO9. The normalized spacial score (nSPS) is 10.6. The van der Waals surface area contributed by atoms with Crippen LogP contribution in [0.2, 0.25) is 0 Å². The van der Waals surface area contributed by atoms with Gasteiger partial charge in [-0.2, -0.15) is 5.26 Å². The van der Waals surface area contributed by atoms with Crippen molar-refractivity contribution >= 4 is 39.5 Å². The Morgan fingerprint density at radius 2 is 1.05 bits per heavy atom. The van der Waals surface area contributed by atoms with E-state index in [2.05, 4.69) is 19.2 Å². The van der Waals surface area contributed by atoms with Crippen LogP contribution in [0.3, 0.4) is 0 Å². The number of unbranched alkanes of at least 4 members (excludes halogenated alkanes) is 6. The van der Waals surface area contributed by atoms with Gasteiger partial charge in [-0.3, -0.25) is 0 Å². The van der Waals surface area contributed by atoms with Crippen molar-refractivity contribution in [2.45, 2.75) is 58.0 Å². The molecule has 57 heavy (non-hydrogen) atoms. The molecule has 0 heterocycles. The van der Waals surface area contributed by atoms with Crippen LogP contribution >= 0.6 is 0 Å². The lowest BCUT2D eigenvalue weighted by Crippen LogP contribution is -2.08. The Morgan fingerprint density at radius 3 is 1.63 bits per heavy atom. The number of carbonyl (C=O) groups excluding carboxylic acids is 3. The lowest BCUT2D eigenvalue weighted by molar-refractivity contribution is -0.138. The predicted molar refractivity (Wildman–Crippen MR) is 219 cm³/mol. The molecule has 0 aliphatic carbocycles. The molecule has 0 radical (unpaired) electrons. The van der Waals surface area contributed by atoms with Crippen LogP contribution in [0.5, 0.6) is 23.0 Å². The van der Waals surface area contributed by atoms with Gasteiger partial charge < -0.3 is 28.4 Å².